The van der Waals surface area contributed by atoms with Gasteiger partial charge in [-0.2, -0.15) is 0 Å². The normalized spacial score (nSPS) is 13.5. The minimum Gasteiger partial charge on any atom is -0.481 e. The molecule has 178 valence electrons. The van der Waals surface area contributed by atoms with E-state index < -0.39 is 17.0 Å². The number of aryl methyl sites for hydroxylation is 3. The summed E-state index contributed by atoms with van der Waals surface area (Å²) in [6.07, 6.45) is 1.62. The van der Waals surface area contributed by atoms with Crippen molar-refractivity contribution in [3.05, 3.63) is 58.1 Å². The van der Waals surface area contributed by atoms with Crippen molar-refractivity contribution >= 4 is 61.7 Å². The molecule has 0 fully saturated rings. The van der Waals surface area contributed by atoms with Crippen molar-refractivity contribution < 1.29 is 14.1 Å². The number of benzene rings is 2. The second-order valence-corrected chi connectivity index (χ2v) is 12.9. The largest absolute Gasteiger partial charge is 0.481 e. The number of carbonyl (C=O) groups is 1. The highest BCUT2D eigenvalue weighted by Crippen LogP contribution is 2.36. The van der Waals surface area contributed by atoms with E-state index in [0.717, 1.165) is 48.8 Å². The topological polar surface area (TPSA) is 57.6 Å². The van der Waals surface area contributed by atoms with Gasteiger partial charge in [0.2, 0.25) is 0 Å². The number of thioether (sulfide) groups is 1. The standard InChI is InChI=1S/C25H30ClNO3S3/c1-5-12-27(33(30)25-18(4)22-14-20(26)8-10-23(22)32-25)15-17(3)31-21-9-6-19(16(2)13-21)7-11-24(28)29/h6,8-10,13-14,17H,5,7,11-12,15H2,1-4H3,(H,28,29). The molecule has 2 aromatic carbocycles. The fourth-order valence-corrected chi connectivity index (χ4v) is 8.25. The number of aliphatic carboxylic acids is 1. The summed E-state index contributed by atoms with van der Waals surface area (Å²) in [7, 11) is -1.23. The Morgan fingerprint density at radius 2 is 2.00 bits per heavy atom. The maximum Gasteiger partial charge on any atom is 0.303 e. The molecule has 2 atom stereocenters. The minimum atomic E-state index is -1.23. The van der Waals surface area contributed by atoms with Gasteiger partial charge in [0, 0.05) is 39.4 Å². The van der Waals surface area contributed by atoms with Gasteiger partial charge < -0.3 is 5.11 Å². The summed E-state index contributed by atoms with van der Waals surface area (Å²) in [6.45, 7) is 9.80. The lowest BCUT2D eigenvalue weighted by Crippen LogP contribution is -2.32. The first-order valence-corrected chi connectivity index (χ1v) is 14.2. The Morgan fingerprint density at radius 1 is 1.24 bits per heavy atom. The maximum atomic E-state index is 13.6. The molecule has 0 spiro atoms. The predicted octanol–water partition coefficient (Wildman–Crippen LogP) is 7.10. The van der Waals surface area contributed by atoms with Crippen LogP contribution in [-0.4, -0.2) is 37.9 Å². The molecule has 1 N–H and O–H groups in total. The average Bonchev–Trinajstić information content (AvgIpc) is 3.08. The summed E-state index contributed by atoms with van der Waals surface area (Å²) >= 11 is 9.53. The van der Waals surface area contributed by atoms with Crippen LogP contribution in [0.4, 0.5) is 0 Å². The molecule has 3 rings (SSSR count). The first kappa shape index (κ1) is 26.2. The van der Waals surface area contributed by atoms with Gasteiger partial charge in [0.1, 0.15) is 15.2 Å². The molecule has 2 unspecified atom stereocenters. The van der Waals surface area contributed by atoms with Gasteiger partial charge in [0.25, 0.3) is 0 Å². The van der Waals surface area contributed by atoms with Crippen molar-refractivity contribution in [1.29, 1.82) is 0 Å². The second kappa shape index (κ2) is 11.8. The van der Waals surface area contributed by atoms with Crippen molar-refractivity contribution in [2.45, 2.75) is 61.3 Å². The van der Waals surface area contributed by atoms with E-state index in [-0.39, 0.29) is 11.7 Å². The third-order valence-electron chi connectivity index (χ3n) is 5.44. The van der Waals surface area contributed by atoms with Gasteiger partial charge in [-0.15, -0.1) is 23.1 Å². The van der Waals surface area contributed by atoms with Crippen LogP contribution in [-0.2, 0) is 22.2 Å². The number of rotatable bonds is 11. The van der Waals surface area contributed by atoms with Crippen molar-refractivity contribution in [3.63, 3.8) is 0 Å². The van der Waals surface area contributed by atoms with Crippen molar-refractivity contribution in [1.82, 2.24) is 4.31 Å². The summed E-state index contributed by atoms with van der Waals surface area (Å²) in [6, 6.07) is 12.0. The molecule has 4 nitrogen and oxygen atoms in total. The fourth-order valence-electron chi connectivity index (χ4n) is 3.77. The van der Waals surface area contributed by atoms with Crippen LogP contribution in [0.1, 0.15) is 43.4 Å². The van der Waals surface area contributed by atoms with E-state index in [2.05, 4.69) is 30.3 Å². The van der Waals surface area contributed by atoms with Gasteiger partial charge in [-0.1, -0.05) is 31.5 Å². The predicted molar refractivity (Wildman–Crippen MR) is 142 cm³/mol. The number of halogens is 1. The highest BCUT2D eigenvalue weighted by molar-refractivity contribution is 8.00. The number of thiophene rings is 1. The Kier molecular flexibility index (Phi) is 9.42. The van der Waals surface area contributed by atoms with E-state index in [1.54, 1.807) is 23.1 Å². The molecule has 33 heavy (non-hydrogen) atoms. The second-order valence-electron chi connectivity index (χ2n) is 8.20. The van der Waals surface area contributed by atoms with Crippen LogP contribution in [0.3, 0.4) is 0 Å². The molecule has 0 aliphatic rings. The van der Waals surface area contributed by atoms with Gasteiger partial charge in [-0.3, -0.25) is 4.79 Å². The van der Waals surface area contributed by atoms with Crippen molar-refractivity contribution in [3.8, 4) is 0 Å². The van der Waals surface area contributed by atoms with Crippen LogP contribution in [0.25, 0.3) is 10.1 Å². The van der Waals surface area contributed by atoms with Gasteiger partial charge in [0.05, 0.1) is 0 Å². The zero-order chi connectivity index (χ0) is 24.1. The fraction of sp³-hybridized carbons (Fsp3) is 0.400. The molecule has 0 aliphatic carbocycles. The van der Waals surface area contributed by atoms with Crippen LogP contribution >= 0.6 is 34.7 Å². The monoisotopic (exact) mass is 523 g/mol. The maximum absolute atomic E-state index is 13.6. The molecule has 1 aromatic heterocycles. The smallest absolute Gasteiger partial charge is 0.303 e. The molecule has 0 radical (unpaired) electrons. The van der Waals surface area contributed by atoms with Crippen molar-refractivity contribution in [2.24, 2.45) is 0 Å². The number of fused-ring (bicyclic) bond motifs is 1. The van der Waals surface area contributed by atoms with E-state index in [1.165, 1.54) is 0 Å². The van der Waals surface area contributed by atoms with Gasteiger partial charge in [-0.05, 0) is 79.1 Å². The number of hydrogen-bond acceptors (Lipinski definition) is 4. The third-order valence-corrected chi connectivity index (χ3v) is 9.92. The molecule has 0 amide bonds. The van der Waals surface area contributed by atoms with Gasteiger partial charge in [-0.25, -0.2) is 8.51 Å². The van der Waals surface area contributed by atoms with Crippen LogP contribution in [0, 0.1) is 13.8 Å². The van der Waals surface area contributed by atoms with E-state index in [1.807, 2.05) is 38.1 Å². The van der Waals surface area contributed by atoms with Crippen molar-refractivity contribution in [2.75, 3.05) is 13.1 Å². The highest BCUT2D eigenvalue weighted by atomic mass is 35.5. The van der Waals surface area contributed by atoms with Crippen LogP contribution < -0.4 is 0 Å². The summed E-state index contributed by atoms with van der Waals surface area (Å²) in [4.78, 5) is 12.0. The lowest BCUT2D eigenvalue weighted by molar-refractivity contribution is -0.136. The molecule has 3 aromatic rings. The summed E-state index contributed by atoms with van der Waals surface area (Å²) in [5.41, 5.74) is 3.23. The average molecular weight is 524 g/mol. The zero-order valence-corrected chi connectivity index (χ0v) is 22.6. The van der Waals surface area contributed by atoms with E-state index in [0.29, 0.717) is 18.0 Å². The molecule has 0 saturated carbocycles. The first-order chi connectivity index (χ1) is 15.7. The quantitative estimate of drug-likeness (QED) is 0.272. The summed E-state index contributed by atoms with van der Waals surface area (Å²) in [5, 5.41) is 10.9. The molecular formula is C25H30ClNO3S3. The SMILES string of the molecule is CCCN(CC(C)Sc1ccc(CCC(=O)O)c(C)c1)S(=O)c1sc2ccc(Cl)cc2c1C. The Hall–Kier alpha value is -1.38. The Balaban J connectivity index is 1.72. The van der Waals surface area contributed by atoms with Crippen LogP contribution in [0.5, 0.6) is 0 Å². The third kappa shape index (κ3) is 6.83. The number of carboxylic acids is 1. The minimum absolute atomic E-state index is 0.144. The van der Waals surface area contributed by atoms with Gasteiger partial charge >= 0.3 is 5.97 Å². The molecular weight excluding hydrogens is 494 g/mol. The van der Waals surface area contributed by atoms with Crippen LogP contribution in [0.15, 0.2) is 45.5 Å². The van der Waals surface area contributed by atoms with E-state index in [9.17, 15) is 9.00 Å². The molecule has 0 aliphatic heterocycles. The first-order valence-electron chi connectivity index (χ1n) is 11.0. The zero-order valence-electron chi connectivity index (χ0n) is 19.4. The Morgan fingerprint density at radius 3 is 2.67 bits per heavy atom. The molecule has 0 saturated heterocycles. The van der Waals surface area contributed by atoms with Crippen LogP contribution in [0.2, 0.25) is 5.02 Å². The highest BCUT2D eigenvalue weighted by Gasteiger charge is 2.22. The molecule has 1 heterocycles. The summed E-state index contributed by atoms with van der Waals surface area (Å²) in [5.74, 6) is -0.775. The number of carboxylic acid groups (broad SMARTS) is 1. The summed E-state index contributed by atoms with van der Waals surface area (Å²) < 4.78 is 17.7. The molecule has 8 heteroatoms. The molecule has 0 bridgehead atoms. The van der Waals surface area contributed by atoms with E-state index >= 15 is 0 Å². The lowest BCUT2D eigenvalue weighted by Gasteiger charge is -2.24. The van der Waals surface area contributed by atoms with Gasteiger partial charge in [0.15, 0.2) is 0 Å². The van der Waals surface area contributed by atoms with E-state index in [4.69, 9.17) is 16.7 Å². The Labute approximate surface area is 211 Å². The lowest BCUT2D eigenvalue weighted by atomic mass is 10.0. The Bertz CT molecular complexity index is 1160. The number of hydrogen-bond donors (Lipinski definition) is 1. The number of nitrogens with zero attached hydrogens (tertiary/aromatic N) is 1.